The first-order valence-corrected chi connectivity index (χ1v) is 6.96. The van der Waals surface area contributed by atoms with E-state index in [1.165, 1.54) is 31.2 Å². The van der Waals surface area contributed by atoms with Crippen LogP contribution in [0.4, 0.5) is 11.4 Å². The predicted octanol–water partition coefficient (Wildman–Crippen LogP) is 1.17. The van der Waals surface area contributed by atoms with Crippen molar-refractivity contribution in [2.24, 2.45) is 5.73 Å². The van der Waals surface area contributed by atoms with Crippen LogP contribution in [0.5, 0.6) is 0 Å². The van der Waals surface area contributed by atoms with Gasteiger partial charge in [-0.15, -0.1) is 0 Å². The van der Waals surface area contributed by atoms with Crippen LogP contribution in [0.3, 0.4) is 0 Å². The summed E-state index contributed by atoms with van der Waals surface area (Å²) in [4.78, 5) is 33.4. The van der Waals surface area contributed by atoms with Crippen LogP contribution < -0.4 is 16.4 Å². The van der Waals surface area contributed by atoms with Crippen LogP contribution in [0, 0.1) is 10.1 Å². The summed E-state index contributed by atoms with van der Waals surface area (Å²) in [7, 11) is 0. The number of anilines is 1. The van der Waals surface area contributed by atoms with E-state index in [4.69, 9.17) is 5.73 Å². The zero-order chi connectivity index (χ0) is 16.5. The van der Waals surface area contributed by atoms with Crippen molar-refractivity contribution in [3.05, 3.63) is 34.4 Å². The lowest BCUT2D eigenvalue weighted by atomic mass is 10.1. The fraction of sp³-hybridized carbons (Fsp3) is 0.429. The number of carbonyl (C=O) groups is 2. The molecule has 0 aromatic heterocycles. The number of hydrogen-bond donors (Lipinski definition) is 3. The van der Waals surface area contributed by atoms with Crippen LogP contribution in [0.15, 0.2) is 24.3 Å². The summed E-state index contributed by atoms with van der Waals surface area (Å²) >= 11 is 0. The van der Waals surface area contributed by atoms with E-state index in [1.807, 2.05) is 0 Å². The highest BCUT2D eigenvalue weighted by Crippen LogP contribution is 2.16. The van der Waals surface area contributed by atoms with Crippen molar-refractivity contribution in [1.29, 1.82) is 0 Å². The number of unbranched alkanes of at least 4 members (excludes halogenated alkanes) is 1. The number of nitrogens with two attached hydrogens (primary N) is 1. The molecule has 0 spiro atoms. The highest BCUT2D eigenvalue weighted by molar-refractivity contribution is 5.96. The first-order chi connectivity index (χ1) is 10.4. The van der Waals surface area contributed by atoms with Gasteiger partial charge >= 0.3 is 0 Å². The average Bonchev–Trinajstić information content (AvgIpc) is 2.46. The average molecular weight is 308 g/mol. The van der Waals surface area contributed by atoms with E-state index in [2.05, 4.69) is 10.6 Å². The SMILES string of the molecule is CC(=O)NC(CCCCN)C(=O)Nc1ccc([N+](=O)[O-])cc1. The van der Waals surface area contributed by atoms with Crippen molar-refractivity contribution in [3.63, 3.8) is 0 Å². The molecule has 22 heavy (non-hydrogen) atoms. The topological polar surface area (TPSA) is 127 Å². The molecule has 0 saturated carbocycles. The summed E-state index contributed by atoms with van der Waals surface area (Å²) in [5.74, 6) is -0.655. The minimum atomic E-state index is -0.653. The monoisotopic (exact) mass is 308 g/mol. The van der Waals surface area contributed by atoms with E-state index >= 15 is 0 Å². The summed E-state index contributed by atoms with van der Waals surface area (Å²) in [5, 5.41) is 15.8. The summed E-state index contributed by atoms with van der Waals surface area (Å²) < 4.78 is 0. The van der Waals surface area contributed by atoms with Crippen LogP contribution in [0.25, 0.3) is 0 Å². The first kappa shape index (κ1) is 17.6. The minimum absolute atomic E-state index is 0.0562. The second-order valence-electron chi connectivity index (χ2n) is 4.83. The Hall–Kier alpha value is -2.48. The molecule has 2 amide bonds. The minimum Gasteiger partial charge on any atom is -0.345 e. The molecule has 0 fully saturated rings. The van der Waals surface area contributed by atoms with Gasteiger partial charge in [0, 0.05) is 24.7 Å². The smallest absolute Gasteiger partial charge is 0.269 e. The number of nitrogens with one attached hydrogen (secondary N) is 2. The fourth-order valence-corrected chi connectivity index (χ4v) is 1.90. The maximum Gasteiger partial charge on any atom is 0.269 e. The van der Waals surface area contributed by atoms with Gasteiger partial charge in [0.1, 0.15) is 6.04 Å². The normalized spacial score (nSPS) is 11.5. The van der Waals surface area contributed by atoms with Gasteiger partial charge in [-0.2, -0.15) is 0 Å². The Labute approximate surface area is 128 Å². The third-order valence-electron chi connectivity index (χ3n) is 2.99. The lowest BCUT2D eigenvalue weighted by Gasteiger charge is -2.17. The van der Waals surface area contributed by atoms with E-state index < -0.39 is 11.0 Å². The van der Waals surface area contributed by atoms with Gasteiger partial charge in [0.05, 0.1) is 4.92 Å². The molecule has 0 aliphatic carbocycles. The zero-order valence-corrected chi connectivity index (χ0v) is 12.4. The molecule has 8 nitrogen and oxygen atoms in total. The molecular formula is C14H20N4O4. The Morgan fingerprint density at radius 3 is 2.41 bits per heavy atom. The molecular weight excluding hydrogens is 288 g/mol. The molecule has 0 bridgehead atoms. The van der Waals surface area contributed by atoms with E-state index in [-0.39, 0.29) is 17.5 Å². The number of non-ortho nitro benzene ring substituents is 1. The molecule has 0 heterocycles. The number of benzene rings is 1. The van der Waals surface area contributed by atoms with Gasteiger partial charge in [0.15, 0.2) is 0 Å². The Balaban J connectivity index is 2.68. The van der Waals surface area contributed by atoms with Crippen LogP contribution in [0.1, 0.15) is 26.2 Å². The first-order valence-electron chi connectivity index (χ1n) is 6.96. The number of hydrogen-bond acceptors (Lipinski definition) is 5. The molecule has 0 radical (unpaired) electrons. The molecule has 0 aliphatic heterocycles. The zero-order valence-electron chi connectivity index (χ0n) is 12.4. The Bertz CT molecular complexity index is 530. The molecule has 1 aromatic rings. The predicted molar refractivity (Wildman–Crippen MR) is 82.2 cm³/mol. The summed E-state index contributed by atoms with van der Waals surface area (Å²) in [6.45, 7) is 1.87. The quantitative estimate of drug-likeness (QED) is 0.377. The van der Waals surface area contributed by atoms with Gasteiger partial charge in [0.25, 0.3) is 5.69 Å². The summed E-state index contributed by atoms with van der Waals surface area (Å²) in [5.41, 5.74) is 5.79. The Morgan fingerprint density at radius 2 is 1.91 bits per heavy atom. The van der Waals surface area contributed by atoms with Gasteiger partial charge in [0.2, 0.25) is 11.8 Å². The third kappa shape index (κ3) is 5.88. The van der Waals surface area contributed by atoms with Gasteiger partial charge in [-0.05, 0) is 37.9 Å². The maximum atomic E-state index is 12.2. The Morgan fingerprint density at radius 1 is 1.27 bits per heavy atom. The lowest BCUT2D eigenvalue weighted by Crippen LogP contribution is -2.42. The van der Waals surface area contributed by atoms with Crippen molar-refractivity contribution in [3.8, 4) is 0 Å². The number of nitro benzene ring substituents is 1. The van der Waals surface area contributed by atoms with Crippen LogP contribution in [-0.4, -0.2) is 29.3 Å². The maximum absolute atomic E-state index is 12.2. The molecule has 1 unspecified atom stereocenters. The number of nitrogens with zero attached hydrogens (tertiary/aromatic N) is 1. The molecule has 1 atom stereocenters. The molecule has 0 saturated heterocycles. The number of carbonyl (C=O) groups excluding carboxylic acids is 2. The number of amides is 2. The van der Waals surface area contributed by atoms with E-state index in [0.717, 1.165) is 12.8 Å². The molecule has 8 heteroatoms. The van der Waals surface area contributed by atoms with Crippen molar-refractivity contribution >= 4 is 23.2 Å². The molecule has 0 aliphatic rings. The van der Waals surface area contributed by atoms with Crippen LogP contribution in [-0.2, 0) is 9.59 Å². The van der Waals surface area contributed by atoms with Gasteiger partial charge < -0.3 is 16.4 Å². The summed E-state index contributed by atoms with van der Waals surface area (Å²) in [6.07, 6.45) is 1.96. The highest BCUT2D eigenvalue weighted by Gasteiger charge is 2.19. The largest absolute Gasteiger partial charge is 0.345 e. The van der Waals surface area contributed by atoms with E-state index in [0.29, 0.717) is 18.7 Å². The lowest BCUT2D eigenvalue weighted by molar-refractivity contribution is -0.384. The molecule has 120 valence electrons. The van der Waals surface area contributed by atoms with E-state index in [9.17, 15) is 19.7 Å². The molecule has 1 aromatic carbocycles. The van der Waals surface area contributed by atoms with Crippen molar-refractivity contribution in [2.75, 3.05) is 11.9 Å². The molecule has 1 rings (SSSR count). The van der Waals surface area contributed by atoms with Gasteiger partial charge in [-0.3, -0.25) is 19.7 Å². The van der Waals surface area contributed by atoms with Crippen molar-refractivity contribution < 1.29 is 14.5 Å². The number of nitro groups is 1. The fourth-order valence-electron chi connectivity index (χ4n) is 1.90. The van der Waals surface area contributed by atoms with Crippen LogP contribution >= 0.6 is 0 Å². The van der Waals surface area contributed by atoms with E-state index in [1.54, 1.807) is 0 Å². The molecule has 4 N–H and O–H groups in total. The second-order valence-corrected chi connectivity index (χ2v) is 4.83. The van der Waals surface area contributed by atoms with Crippen LogP contribution in [0.2, 0.25) is 0 Å². The standard InChI is InChI=1S/C14H20N4O4/c1-10(19)16-13(4-2-3-9-15)14(20)17-11-5-7-12(8-6-11)18(21)22/h5-8,13H,2-4,9,15H2,1H3,(H,16,19)(H,17,20). The Kier molecular flexibility index (Phi) is 6.97. The van der Waals surface area contributed by atoms with Crippen molar-refractivity contribution in [2.45, 2.75) is 32.2 Å². The number of rotatable bonds is 8. The van der Waals surface area contributed by atoms with Crippen molar-refractivity contribution in [1.82, 2.24) is 5.32 Å². The third-order valence-corrected chi connectivity index (χ3v) is 2.99. The van der Waals surface area contributed by atoms with Gasteiger partial charge in [-0.25, -0.2) is 0 Å². The summed E-state index contributed by atoms with van der Waals surface area (Å²) in [6, 6.07) is 4.84. The second kappa shape index (κ2) is 8.73. The van der Waals surface area contributed by atoms with Gasteiger partial charge in [-0.1, -0.05) is 0 Å². The highest BCUT2D eigenvalue weighted by atomic mass is 16.6.